The van der Waals surface area contributed by atoms with Gasteiger partial charge in [-0.3, -0.25) is 0 Å². The van der Waals surface area contributed by atoms with Crippen molar-refractivity contribution >= 4 is 0 Å². The first-order chi connectivity index (χ1) is 26.8. The quantitative estimate of drug-likeness (QED) is 0.0922. The monoisotopic (exact) mass is 816 g/mol. The predicted octanol–water partition coefficient (Wildman–Crippen LogP) is 0.0954. The van der Waals surface area contributed by atoms with Crippen molar-refractivity contribution in [2.45, 2.75) is 172 Å². The Kier molecular flexibility index (Phi) is 13.7. The van der Waals surface area contributed by atoms with Gasteiger partial charge >= 0.3 is 0 Å². The summed E-state index contributed by atoms with van der Waals surface area (Å²) in [5.41, 5.74) is -1.31. The predicted molar refractivity (Wildman–Crippen MR) is 204 cm³/mol. The number of hydrogen-bond donors (Lipinski definition) is 11. The van der Waals surface area contributed by atoms with Crippen LogP contribution in [-0.2, 0) is 18.9 Å². The van der Waals surface area contributed by atoms with Crippen LogP contribution in [-0.4, -0.2) is 163 Å². The molecule has 4 aliphatic carbocycles. The van der Waals surface area contributed by atoms with E-state index in [1.54, 1.807) is 0 Å². The van der Waals surface area contributed by atoms with Gasteiger partial charge in [-0.15, -0.1) is 0 Å². The molecule has 15 heteroatoms. The number of fused-ring (bicyclic) bond motifs is 5. The van der Waals surface area contributed by atoms with Crippen LogP contribution in [0.15, 0.2) is 11.6 Å². The van der Waals surface area contributed by atoms with Gasteiger partial charge in [0.15, 0.2) is 12.6 Å². The van der Waals surface area contributed by atoms with Crippen molar-refractivity contribution in [1.82, 2.24) is 0 Å². The van der Waals surface area contributed by atoms with Gasteiger partial charge in [-0.2, -0.15) is 0 Å². The fraction of sp³-hybridized carbons (Fsp3) is 0.952. The SMILES string of the molecule is CC(=CCCC1(CO)CCC2(C)C(CCC3C4(C)CCC(OC5OC(CO)C(O)C(O)C5O)C(C)(COC5OC(CO)C(O)C(O)C5O)C4CCC32C)C1O)CO. The first-order valence-electron chi connectivity index (χ1n) is 21.3. The molecule has 0 spiro atoms. The Morgan fingerprint density at radius 1 is 0.667 bits per heavy atom. The first kappa shape index (κ1) is 45.7. The summed E-state index contributed by atoms with van der Waals surface area (Å²) in [7, 11) is 0. The number of allylic oxidation sites excluding steroid dienone is 1. The van der Waals surface area contributed by atoms with Gasteiger partial charge in [0.05, 0.1) is 45.2 Å². The molecule has 0 amide bonds. The molecule has 0 aromatic heterocycles. The number of ether oxygens (including phenoxy) is 4. The van der Waals surface area contributed by atoms with Crippen molar-refractivity contribution in [3.05, 3.63) is 11.6 Å². The maximum Gasteiger partial charge on any atom is 0.186 e. The maximum absolute atomic E-state index is 12.2. The lowest BCUT2D eigenvalue weighted by atomic mass is 9.33. The van der Waals surface area contributed by atoms with Crippen LogP contribution in [0.25, 0.3) is 0 Å². The highest BCUT2D eigenvalue weighted by atomic mass is 16.7. The molecule has 15 nitrogen and oxygen atoms in total. The molecule has 57 heavy (non-hydrogen) atoms. The third kappa shape index (κ3) is 7.49. The van der Waals surface area contributed by atoms with Gasteiger partial charge in [0.1, 0.15) is 48.8 Å². The lowest BCUT2D eigenvalue weighted by Crippen LogP contribution is -2.69. The molecular formula is C42H72O15. The highest BCUT2D eigenvalue weighted by molar-refractivity contribution is 5.19. The molecule has 0 bridgehead atoms. The Morgan fingerprint density at radius 2 is 1.28 bits per heavy atom. The standard InChI is InChI=1S/C42H72O15/c1-22(17-43)7-6-12-42(20-46)16-15-40(4)23(35(42)53)8-9-27-38(2)13-11-28(57-37-34(52)32(50)30(48)25(19-45)56-37)39(3,26(38)10-14-41(27,40)5)21-54-36-33(51)31(49)29(47)24(18-44)55-36/h7,23-37,43-53H,6,8-21H2,1-5H3. The molecule has 11 N–H and O–H groups in total. The first-order valence-corrected chi connectivity index (χ1v) is 21.3. The van der Waals surface area contributed by atoms with Gasteiger partial charge in [0.2, 0.25) is 0 Å². The van der Waals surface area contributed by atoms with Crippen molar-refractivity contribution in [3.63, 3.8) is 0 Å². The average molecular weight is 817 g/mol. The molecule has 2 saturated heterocycles. The van der Waals surface area contributed by atoms with Crippen LogP contribution >= 0.6 is 0 Å². The van der Waals surface area contributed by atoms with Crippen LogP contribution in [0.2, 0.25) is 0 Å². The molecule has 6 fully saturated rings. The van der Waals surface area contributed by atoms with E-state index >= 15 is 0 Å². The van der Waals surface area contributed by atoms with Crippen LogP contribution in [0.1, 0.15) is 98.8 Å². The third-order valence-corrected chi connectivity index (χ3v) is 17.1. The highest BCUT2D eigenvalue weighted by Crippen LogP contribution is 2.75. The largest absolute Gasteiger partial charge is 0.396 e. The number of aliphatic hydroxyl groups is 11. The molecule has 6 rings (SSSR count). The average Bonchev–Trinajstić information content (AvgIpc) is 3.19. The van der Waals surface area contributed by atoms with Crippen LogP contribution in [0.3, 0.4) is 0 Å². The summed E-state index contributed by atoms with van der Waals surface area (Å²) in [6.45, 7) is 9.55. The molecular weight excluding hydrogens is 744 g/mol. The summed E-state index contributed by atoms with van der Waals surface area (Å²) in [5.74, 6) is 0.131. The lowest BCUT2D eigenvalue weighted by Gasteiger charge is -2.72. The summed E-state index contributed by atoms with van der Waals surface area (Å²) in [5, 5.41) is 116. The zero-order valence-electron chi connectivity index (χ0n) is 34.4. The van der Waals surface area contributed by atoms with Crippen LogP contribution in [0.5, 0.6) is 0 Å². The summed E-state index contributed by atoms with van der Waals surface area (Å²) < 4.78 is 24.5. The molecule has 0 aromatic carbocycles. The van der Waals surface area contributed by atoms with E-state index in [1.165, 1.54) is 0 Å². The van der Waals surface area contributed by atoms with Crippen molar-refractivity contribution in [1.29, 1.82) is 0 Å². The molecule has 2 heterocycles. The normalized spacial score (nSPS) is 53.1. The zero-order chi connectivity index (χ0) is 41.9. The maximum atomic E-state index is 12.2. The van der Waals surface area contributed by atoms with E-state index in [9.17, 15) is 56.2 Å². The molecule has 6 aliphatic rings. The van der Waals surface area contributed by atoms with E-state index in [4.69, 9.17) is 18.9 Å². The highest BCUT2D eigenvalue weighted by Gasteiger charge is 2.70. The van der Waals surface area contributed by atoms with E-state index < -0.39 is 97.7 Å². The van der Waals surface area contributed by atoms with Gasteiger partial charge in [-0.25, -0.2) is 0 Å². The smallest absolute Gasteiger partial charge is 0.186 e. The fourth-order valence-electron chi connectivity index (χ4n) is 13.2. The second-order valence-electron chi connectivity index (χ2n) is 19.8. The molecule has 4 saturated carbocycles. The Labute approximate surface area is 336 Å². The van der Waals surface area contributed by atoms with Gasteiger partial charge in [0.25, 0.3) is 0 Å². The lowest BCUT2D eigenvalue weighted by molar-refractivity contribution is -0.346. The van der Waals surface area contributed by atoms with Crippen LogP contribution in [0, 0.1) is 44.8 Å². The minimum atomic E-state index is -1.63. The van der Waals surface area contributed by atoms with Gasteiger partial charge < -0.3 is 75.1 Å². The number of hydrogen-bond acceptors (Lipinski definition) is 15. The minimum absolute atomic E-state index is 0.0190. The van der Waals surface area contributed by atoms with Gasteiger partial charge in [0, 0.05) is 10.8 Å². The Morgan fingerprint density at radius 3 is 1.88 bits per heavy atom. The van der Waals surface area contributed by atoms with E-state index in [-0.39, 0.29) is 53.8 Å². The van der Waals surface area contributed by atoms with Crippen molar-refractivity contribution in [2.24, 2.45) is 44.8 Å². The second kappa shape index (κ2) is 17.1. The molecule has 330 valence electrons. The Bertz CT molecular complexity index is 1400. The summed E-state index contributed by atoms with van der Waals surface area (Å²) in [6.07, 6.45) is -6.78. The minimum Gasteiger partial charge on any atom is -0.396 e. The van der Waals surface area contributed by atoms with E-state index in [0.29, 0.717) is 25.7 Å². The second-order valence-corrected chi connectivity index (χ2v) is 19.8. The summed E-state index contributed by atoms with van der Waals surface area (Å²) in [4.78, 5) is 0. The fourth-order valence-corrected chi connectivity index (χ4v) is 13.2. The molecule has 2 aliphatic heterocycles. The Hall–Kier alpha value is -0.860. The zero-order valence-corrected chi connectivity index (χ0v) is 34.4. The van der Waals surface area contributed by atoms with Crippen molar-refractivity contribution < 1.29 is 75.1 Å². The molecule has 20 atom stereocenters. The molecule has 20 unspecified atom stereocenters. The van der Waals surface area contributed by atoms with E-state index in [0.717, 1.165) is 44.1 Å². The van der Waals surface area contributed by atoms with Crippen LogP contribution in [0.4, 0.5) is 0 Å². The van der Waals surface area contributed by atoms with Gasteiger partial charge in [-0.05, 0) is 105 Å². The van der Waals surface area contributed by atoms with Crippen molar-refractivity contribution in [2.75, 3.05) is 33.0 Å². The van der Waals surface area contributed by atoms with E-state index in [2.05, 4.69) is 20.8 Å². The Balaban J connectivity index is 1.30. The third-order valence-electron chi connectivity index (χ3n) is 17.1. The van der Waals surface area contributed by atoms with Crippen molar-refractivity contribution in [3.8, 4) is 0 Å². The molecule has 0 aromatic rings. The number of rotatable bonds is 12. The van der Waals surface area contributed by atoms with Gasteiger partial charge in [-0.1, -0.05) is 39.3 Å². The van der Waals surface area contributed by atoms with Crippen LogP contribution < -0.4 is 0 Å². The number of aliphatic hydroxyl groups excluding tert-OH is 11. The molecule has 0 radical (unpaired) electrons. The summed E-state index contributed by atoms with van der Waals surface area (Å²) in [6, 6.07) is 0. The topological polar surface area (TPSA) is 259 Å². The summed E-state index contributed by atoms with van der Waals surface area (Å²) >= 11 is 0. The van der Waals surface area contributed by atoms with E-state index in [1.807, 2.05) is 19.9 Å².